The molecule has 1 amide bonds. The molecule has 1 saturated heterocycles. The first-order valence-electron chi connectivity index (χ1n) is 9.53. The molecule has 1 N–H and O–H groups in total. The second-order valence-corrected chi connectivity index (χ2v) is 8.98. The maximum atomic E-state index is 13.3. The molecule has 7 nitrogen and oxygen atoms in total. The number of benzene rings is 1. The van der Waals surface area contributed by atoms with E-state index in [0.717, 1.165) is 25.6 Å². The Kier molecular flexibility index (Phi) is 7.37. The highest BCUT2D eigenvalue weighted by atomic mass is 35.5. The number of halogens is 2. The molecule has 1 unspecified atom stereocenters. The second-order valence-electron chi connectivity index (χ2n) is 7.26. The number of hydrogen-bond acceptors (Lipinski definition) is 6. The zero-order valence-electron chi connectivity index (χ0n) is 16.7. The van der Waals surface area contributed by atoms with Gasteiger partial charge in [-0.05, 0) is 31.0 Å². The van der Waals surface area contributed by atoms with Crippen molar-refractivity contribution in [3.8, 4) is 0 Å². The Morgan fingerprint density at radius 1 is 1.31 bits per heavy atom. The van der Waals surface area contributed by atoms with Crippen LogP contribution in [0, 0.1) is 11.7 Å². The summed E-state index contributed by atoms with van der Waals surface area (Å²) in [5.74, 6) is 0.465. The summed E-state index contributed by atoms with van der Waals surface area (Å²) < 4.78 is 20.8. The fourth-order valence-corrected chi connectivity index (χ4v) is 3.95. The van der Waals surface area contributed by atoms with E-state index < -0.39 is 11.1 Å². The molecule has 3 rings (SSSR count). The van der Waals surface area contributed by atoms with Crippen LogP contribution >= 0.6 is 23.4 Å². The largest absolute Gasteiger partial charge is 0.378 e. The molecule has 1 aromatic heterocycles. The van der Waals surface area contributed by atoms with Crippen molar-refractivity contribution in [3.05, 3.63) is 29.0 Å². The van der Waals surface area contributed by atoms with Crippen LogP contribution in [-0.2, 0) is 16.1 Å². The molecule has 2 heterocycles. The van der Waals surface area contributed by atoms with E-state index in [9.17, 15) is 9.18 Å². The lowest BCUT2D eigenvalue weighted by Crippen LogP contribution is -2.38. The molecule has 1 aliphatic rings. The molecule has 0 radical (unpaired) electrons. The van der Waals surface area contributed by atoms with Gasteiger partial charge in [0.05, 0.1) is 23.5 Å². The normalized spacial score (nSPS) is 15.6. The molecule has 10 heteroatoms. The van der Waals surface area contributed by atoms with Crippen molar-refractivity contribution in [2.75, 3.05) is 36.5 Å². The minimum atomic E-state index is -0.524. The number of carbonyl (C=O) groups excluding carboxylic acids is 1. The number of nitrogens with zero attached hydrogens (tertiary/aromatic N) is 4. The maximum absolute atomic E-state index is 13.3. The predicted octanol–water partition coefficient (Wildman–Crippen LogP) is 3.68. The van der Waals surface area contributed by atoms with Gasteiger partial charge in [0.15, 0.2) is 5.16 Å². The number of morpholine rings is 1. The summed E-state index contributed by atoms with van der Waals surface area (Å²) in [6.07, 6.45) is 0. The van der Waals surface area contributed by atoms with Gasteiger partial charge in [-0.2, -0.15) is 0 Å². The number of ether oxygens (including phenoxy) is 1. The summed E-state index contributed by atoms with van der Waals surface area (Å²) in [6, 6.07) is 4.10. The molecule has 29 heavy (non-hydrogen) atoms. The number of thioether (sulfide) groups is 1. The molecule has 0 spiro atoms. The summed E-state index contributed by atoms with van der Waals surface area (Å²) >= 11 is 7.13. The number of aromatic nitrogens is 3. The van der Waals surface area contributed by atoms with Crippen LogP contribution < -0.4 is 10.2 Å². The number of carbonyl (C=O) groups is 1. The molecule has 1 aromatic carbocycles. The first kappa shape index (κ1) is 21.9. The Morgan fingerprint density at radius 2 is 2.03 bits per heavy atom. The summed E-state index contributed by atoms with van der Waals surface area (Å²) in [6.45, 7) is 9.67. The van der Waals surface area contributed by atoms with E-state index in [2.05, 4.69) is 38.8 Å². The van der Waals surface area contributed by atoms with Crippen molar-refractivity contribution in [1.82, 2.24) is 14.8 Å². The van der Waals surface area contributed by atoms with Crippen LogP contribution in [0.25, 0.3) is 0 Å². The van der Waals surface area contributed by atoms with E-state index >= 15 is 0 Å². The Labute approximate surface area is 179 Å². The molecule has 2 aromatic rings. The van der Waals surface area contributed by atoms with E-state index in [1.165, 1.54) is 30.0 Å². The molecule has 1 atom stereocenters. The minimum Gasteiger partial charge on any atom is -0.378 e. The Morgan fingerprint density at radius 3 is 2.69 bits per heavy atom. The summed E-state index contributed by atoms with van der Waals surface area (Å²) in [5, 5.41) is 11.7. The molecule has 1 aliphatic heterocycles. The molecular weight excluding hydrogens is 417 g/mol. The third kappa shape index (κ3) is 5.61. The van der Waals surface area contributed by atoms with Crippen LogP contribution in [0.1, 0.15) is 20.8 Å². The van der Waals surface area contributed by atoms with E-state index in [1.807, 2.05) is 0 Å². The number of rotatable bonds is 7. The van der Waals surface area contributed by atoms with E-state index in [1.54, 1.807) is 6.92 Å². The topological polar surface area (TPSA) is 72.3 Å². The highest BCUT2D eigenvalue weighted by molar-refractivity contribution is 8.00. The van der Waals surface area contributed by atoms with Gasteiger partial charge in [-0.1, -0.05) is 37.2 Å². The Balaban J connectivity index is 1.72. The molecule has 0 saturated carbocycles. The average Bonchev–Trinajstić information content (AvgIpc) is 3.07. The van der Waals surface area contributed by atoms with E-state index in [4.69, 9.17) is 16.3 Å². The molecular formula is C19H25ClFN5O2S. The van der Waals surface area contributed by atoms with Gasteiger partial charge in [-0.25, -0.2) is 4.39 Å². The SMILES string of the molecule is CC(C)Cn1c(SC(C)C(=O)Nc2ccc(F)c(Cl)c2)nnc1N1CCOCC1. The lowest BCUT2D eigenvalue weighted by Gasteiger charge is -2.28. The van der Waals surface area contributed by atoms with Gasteiger partial charge in [0.1, 0.15) is 5.82 Å². The third-order valence-electron chi connectivity index (χ3n) is 4.38. The van der Waals surface area contributed by atoms with Crippen LogP contribution in [0.15, 0.2) is 23.4 Å². The third-order valence-corrected chi connectivity index (χ3v) is 5.75. The Bertz CT molecular complexity index is 857. The summed E-state index contributed by atoms with van der Waals surface area (Å²) in [7, 11) is 0. The zero-order valence-corrected chi connectivity index (χ0v) is 18.3. The maximum Gasteiger partial charge on any atom is 0.237 e. The minimum absolute atomic E-state index is 0.0325. The standard InChI is InChI=1S/C19H25ClFN5O2S/c1-12(2)11-26-18(25-6-8-28-9-7-25)23-24-19(26)29-13(3)17(27)22-14-4-5-16(21)15(20)10-14/h4-5,10,12-13H,6-9,11H2,1-3H3,(H,22,27). The van der Waals surface area contributed by atoms with Crippen LogP contribution in [-0.4, -0.2) is 52.2 Å². The van der Waals surface area contributed by atoms with Crippen molar-refractivity contribution in [2.45, 2.75) is 37.7 Å². The summed E-state index contributed by atoms with van der Waals surface area (Å²) in [5.41, 5.74) is 0.450. The van der Waals surface area contributed by atoms with Gasteiger partial charge < -0.3 is 15.0 Å². The van der Waals surface area contributed by atoms with Crippen molar-refractivity contribution in [1.29, 1.82) is 0 Å². The lowest BCUT2D eigenvalue weighted by molar-refractivity contribution is -0.115. The highest BCUT2D eigenvalue weighted by Gasteiger charge is 2.24. The molecule has 1 fully saturated rings. The zero-order chi connectivity index (χ0) is 21.0. The fraction of sp³-hybridized carbons (Fsp3) is 0.526. The fourth-order valence-electron chi connectivity index (χ4n) is 2.92. The summed E-state index contributed by atoms with van der Waals surface area (Å²) in [4.78, 5) is 14.8. The van der Waals surface area contributed by atoms with E-state index in [-0.39, 0.29) is 10.9 Å². The quantitative estimate of drug-likeness (QED) is 0.661. The van der Waals surface area contributed by atoms with Gasteiger partial charge in [0.25, 0.3) is 0 Å². The second kappa shape index (κ2) is 9.77. The first-order valence-corrected chi connectivity index (χ1v) is 10.8. The van der Waals surface area contributed by atoms with Gasteiger partial charge in [0.2, 0.25) is 11.9 Å². The number of anilines is 2. The van der Waals surface area contributed by atoms with Gasteiger partial charge in [0, 0.05) is 25.3 Å². The van der Waals surface area contributed by atoms with Crippen molar-refractivity contribution in [2.24, 2.45) is 5.92 Å². The lowest BCUT2D eigenvalue weighted by atomic mass is 10.2. The first-order chi connectivity index (χ1) is 13.8. The molecule has 158 valence electrons. The van der Waals surface area contributed by atoms with Crippen LogP contribution in [0.5, 0.6) is 0 Å². The van der Waals surface area contributed by atoms with Gasteiger partial charge in [-0.3, -0.25) is 9.36 Å². The van der Waals surface area contributed by atoms with Crippen LogP contribution in [0.4, 0.5) is 16.0 Å². The van der Waals surface area contributed by atoms with Gasteiger partial charge >= 0.3 is 0 Å². The number of hydrogen-bond donors (Lipinski definition) is 1. The average molecular weight is 442 g/mol. The predicted molar refractivity (Wildman–Crippen MR) is 113 cm³/mol. The van der Waals surface area contributed by atoms with Crippen LogP contribution in [0.3, 0.4) is 0 Å². The highest BCUT2D eigenvalue weighted by Crippen LogP contribution is 2.28. The van der Waals surface area contributed by atoms with Crippen molar-refractivity contribution in [3.63, 3.8) is 0 Å². The molecule has 0 aliphatic carbocycles. The van der Waals surface area contributed by atoms with Gasteiger partial charge in [-0.15, -0.1) is 10.2 Å². The van der Waals surface area contributed by atoms with Crippen LogP contribution in [0.2, 0.25) is 5.02 Å². The Hall–Kier alpha value is -1.84. The molecule has 0 bridgehead atoms. The smallest absolute Gasteiger partial charge is 0.237 e. The monoisotopic (exact) mass is 441 g/mol. The number of amides is 1. The van der Waals surface area contributed by atoms with E-state index in [0.29, 0.717) is 30.0 Å². The number of nitrogens with one attached hydrogen (secondary N) is 1. The van der Waals surface area contributed by atoms with Crippen molar-refractivity contribution >= 4 is 40.9 Å². The van der Waals surface area contributed by atoms with Crippen molar-refractivity contribution < 1.29 is 13.9 Å².